The average Bonchev–Trinajstić information content (AvgIpc) is 2.98. The maximum atomic E-state index is 12.2. The van der Waals surface area contributed by atoms with Gasteiger partial charge in [-0.1, -0.05) is 5.16 Å². The van der Waals surface area contributed by atoms with E-state index in [1.165, 1.54) is 13.1 Å². The van der Waals surface area contributed by atoms with Crippen molar-refractivity contribution < 1.29 is 28.7 Å². The Labute approximate surface area is 162 Å². The summed E-state index contributed by atoms with van der Waals surface area (Å²) >= 11 is 0. The molecule has 28 heavy (non-hydrogen) atoms. The van der Waals surface area contributed by atoms with Crippen LogP contribution < -0.4 is 4.74 Å². The molecular formula is C20H22N2O6. The van der Waals surface area contributed by atoms with Gasteiger partial charge in [-0.25, -0.2) is 4.79 Å². The number of ketones is 2. The number of hydrogen-bond donors (Lipinski definition) is 1. The predicted molar refractivity (Wildman–Crippen MR) is 102 cm³/mol. The Morgan fingerprint density at radius 3 is 2.36 bits per heavy atom. The van der Waals surface area contributed by atoms with Crippen LogP contribution in [-0.2, 0) is 14.4 Å². The third-order valence-electron chi connectivity index (χ3n) is 4.01. The molecule has 148 valence electrons. The molecule has 1 N–H and O–H groups in total. The number of hydrogen-bond acceptors (Lipinski definition) is 7. The molecule has 0 bridgehead atoms. The highest BCUT2D eigenvalue weighted by Crippen LogP contribution is 2.19. The largest absolute Gasteiger partial charge is 0.497 e. The number of carbonyl (C=O) groups excluding carboxylic acids is 3. The van der Waals surface area contributed by atoms with E-state index in [9.17, 15) is 14.4 Å². The van der Waals surface area contributed by atoms with Crippen LogP contribution in [0.2, 0.25) is 0 Å². The summed E-state index contributed by atoms with van der Waals surface area (Å²) in [5.41, 5.74) is 2.66. The summed E-state index contributed by atoms with van der Waals surface area (Å²) in [4.78, 5) is 43.3. The molecule has 8 heteroatoms. The Morgan fingerprint density at radius 1 is 1.11 bits per heavy atom. The van der Waals surface area contributed by atoms with Crippen LogP contribution in [0, 0.1) is 13.8 Å². The van der Waals surface area contributed by atoms with Crippen LogP contribution in [0.25, 0.3) is 0 Å². The number of benzene rings is 1. The Balaban J connectivity index is 1.80. The summed E-state index contributed by atoms with van der Waals surface area (Å²) in [6.07, 6.45) is 1.44. The molecule has 0 unspecified atom stereocenters. The number of methoxy groups -OCH3 is 1. The molecule has 0 atom stereocenters. The summed E-state index contributed by atoms with van der Waals surface area (Å²) in [6, 6.07) is 7.09. The van der Waals surface area contributed by atoms with Crippen LogP contribution in [-0.4, -0.2) is 49.1 Å². The summed E-state index contributed by atoms with van der Waals surface area (Å²) in [5, 5.41) is 3.68. The molecule has 1 aromatic carbocycles. The lowest BCUT2D eigenvalue weighted by atomic mass is 10.1. The van der Waals surface area contributed by atoms with Crippen molar-refractivity contribution in [2.75, 3.05) is 20.3 Å². The van der Waals surface area contributed by atoms with Gasteiger partial charge in [0, 0.05) is 11.3 Å². The predicted octanol–water partition coefficient (Wildman–Crippen LogP) is 2.62. The number of aromatic nitrogens is 1. The van der Waals surface area contributed by atoms with E-state index in [1.807, 2.05) is 0 Å². The molecular weight excluding hydrogens is 364 g/mol. The van der Waals surface area contributed by atoms with Gasteiger partial charge in [0.15, 0.2) is 12.4 Å². The van der Waals surface area contributed by atoms with Gasteiger partial charge in [0.25, 0.3) is 0 Å². The number of carbonyl (C=O) groups is 3. The van der Waals surface area contributed by atoms with Crippen molar-refractivity contribution in [1.29, 1.82) is 0 Å². The maximum Gasteiger partial charge on any atom is 0.347 e. The van der Waals surface area contributed by atoms with E-state index >= 15 is 0 Å². The first kappa shape index (κ1) is 20.9. The average molecular weight is 386 g/mol. The van der Waals surface area contributed by atoms with Crippen molar-refractivity contribution in [2.24, 2.45) is 5.16 Å². The number of aromatic amines is 1. The molecule has 1 aromatic heterocycles. The molecule has 0 saturated carbocycles. The molecule has 0 spiro atoms. The summed E-state index contributed by atoms with van der Waals surface area (Å²) in [5.74, 6) is -0.573. The van der Waals surface area contributed by atoms with Gasteiger partial charge in [0.05, 0.1) is 19.0 Å². The molecule has 2 rings (SSSR count). The number of esters is 1. The minimum absolute atomic E-state index is 0.134. The van der Waals surface area contributed by atoms with Crippen molar-refractivity contribution in [1.82, 2.24) is 4.98 Å². The zero-order valence-electron chi connectivity index (χ0n) is 16.2. The number of rotatable bonds is 9. The summed E-state index contributed by atoms with van der Waals surface area (Å²) in [6.45, 7) is 3.93. The second kappa shape index (κ2) is 9.50. The highest BCUT2D eigenvalue weighted by Gasteiger charge is 2.20. The Hall–Kier alpha value is -3.42. The van der Waals surface area contributed by atoms with E-state index in [4.69, 9.17) is 14.3 Å². The van der Waals surface area contributed by atoms with Gasteiger partial charge in [0.1, 0.15) is 5.75 Å². The monoisotopic (exact) mass is 386 g/mol. The molecule has 0 fully saturated rings. The minimum Gasteiger partial charge on any atom is -0.497 e. The third-order valence-corrected chi connectivity index (χ3v) is 4.01. The quantitative estimate of drug-likeness (QED) is 0.307. The Kier molecular flexibility index (Phi) is 7.08. The third kappa shape index (κ3) is 5.29. The molecule has 0 aliphatic carbocycles. The summed E-state index contributed by atoms with van der Waals surface area (Å²) in [7, 11) is 1.57. The van der Waals surface area contributed by atoms with E-state index in [2.05, 4.69) is 10.1 Å². The Bertz CT molecular complexity index is 896. The topological polar surface area (TPSA) is 107 Å². The standard InChI is InChI=1S/C20H22N2O6/c1-12-19(14(3)23)13(2)22-20(12)17(24)10-27-18(25)11-28-21-9-15-5-7-16(26-4)8-6-15/h5-9,22H,10-11H2,1-4H3/b21-9-. The van der Waals surface area contributed by atoms with Crippen LogP contribution in [0.5, 0.6) is 5.75 Å². The highest BCUT2D eigenvalue weighted by molar-refractivity contribution is 6.04. The first-order valence-electron chi connectivity index (χ1n) is 8.51. The van der Waals surface area contributed by atoms with Gasteiger partial charge in [-0.05, 0) is 56.2 Å². The number of H-pyrrole nitrogens is 1. The van der Waals surface area contributed by atoms with Crippen LogP contribution in [0.3, 0.4) is 0 Å². The molecule has 0 amide bonds. The lowest BCUT2D eigenvalue weighted by Crippen LogP contribution is -2.18. The highest BCUT2D eigenvalue weighted by atomic mass is 16.7. The number of ether oxygens (including phenoxy) is 2. The van der Waals surface area contributed by atoms with E-state index in [-0.39, 0.29) is 11.5 Å². The van der Waals surface area contributed by atoms with Crippen molar-refractivity contribution in [3.05, 3.63) is 52.3 Å². The molecule has 8 nitrogen and oxygen atoms in total. The van der Waals surface area contributed by atoms with Crippen LogP contribution in [0.1, 0.15) is 44.6 Å². The van der Waals surface area contributed by atoms with Crippen molar-refractivity contribution in [3.63, 3.8) is 0 Å². The number of aryl methyl sites for hydroxylation is 1. The molecule has 0 saturated heterocycles. The lowest BCUT2D eigenvalue weighted by Gasteiger charge is -2.04. The minimum atomic E-state index is -0.729. The smallest absolute Gasteiger partial charge is 0.347 e. The number of nitrogens with one attached hydrogen (secondary N) is 1. The van der Waals surface area contributed by atoms with E-state index in [0.29, 0.717) is 22.6 Å². The fraction of sp³-hybridized carbons (Fsp3) is 0.300. The molecule has 0 radical (unpaired) electrons. The fourth-order valence-corrected chi connectivity index (χ4v) is 2.69. The summed E-state index contributed by atoms with van der Waals surface area (Å²) < 4.78 is 9.94. The van der Waals surface area contributed by atoms with Crippen molar-refractivity contribution >= 4 is 23.8 Å². The fourth-order valence-electron chi connectivity index (χ4n) is 2.69. The maximum absolute atomic E-state index is 12.2. The Morgan fingerprint density at radius 2 is 1.79 bits per heavy atom. The van der Waals surface area contributed by atoms with E-state index in [1.54, 1.807) is 45.2 Å². The molecule has 0 aliphatic heterocycles. The van der Waals surface area contributed by atoms with E-state index < -0.39 is 25.0 Å². The van der Waals surface area contributed by atoms with E-state index in [0.717, 1.165) is 5.56 Å². The SMILES string of the molecule is COc1ccc(/C=N\OCC(=O)OCC(=O)c2[nH]c(C)c(C(C)=O)c2C)cc1. The van der Waals surface area contributed by atoms with Gasteiger partial charge >= 0.3 is 5.97 Å². The van der Waals surface area contributed by atoms with Crippen LogP contribution in [0.4, 0.5) is 0 Å². The number of nitrogens with zero attached hydrogens (tertiary/aromatic N) is 1. The molecule has 1 heterocycles. The van der Waals surface area contributed by atoms with Crippen molar-refractivity contribution in [3.8, 4) is 5.75 Å². The number of oxime groups is 1. The second-order valence-electron chi connectivity index (χ2n) is 6.05. The zero-order chi connectivity index (χ0) is 20.7. The first-order chi connectivity index (χ1) is 13.3. The van der Waals surface area contributed by atoms with Gasteiger partial charge in [-0.3, -0.25) is 9.59 Å². The van der Waals surface area contributed by atoms with Gasteiger partial charge in [0.2, 0.25) is 12.4 Å². The van der Waals surface area contributed by atoms with Gasteiger partial charge in [-0.2, -0.15) is 0 Å². The van der Waals surface area contributed by atoms with Crippen LogP contribution >= 0.6 is 0 Å². The lowest BCUT2D eigenvalue weighted by molar-refractivity contribution is -0.147. The zero-order valence-corrected chi connectivity index (χ0v) is 16.2. The first-order valence-corrected chi connectivity index (χ1v) is 8.51. The normalized spacial score (nSPS) is 10.7. The second-order valence-corrected chi connectivity index (χ2v) is 6.05. The van der Waals surface area contributed by atoms with Crippen LogP contribution in [0.15, 0.2) is 29.4 Å². The van der Waals surface area contributed by atoms with Crippen molar-refractivity contribution in [2.45, 2.75) is 20.8 Å². The molecule has 0 aliphatic rings. The van der Waals surface area contributed by atoms with Gasteiger partial charge < -0.3 is 19.3 Å². The molecule has 2 aromatic rings. The van der Waals surface area contributed by atoms with Gasteiger partial charge in [-0.15, -0.1) is 0 Å². The number of Topliss-reactive ketones (excluding diaryl/α,β-unsaturated/α-hetero) is 2.